The van der Waals surface area contributed by atoms with Crippen LogP contribution in [0.2, 0.25) is 0 Å². The van der Waals surface area contributed by atoms with E-state index in [9.17, 15) is 14.4 Å². The van der Waals surface area contributed by atoms with E-state index in [2.05, 4.69) is 16.0 Å². The number of hydrogen-bond donors (Lipinski definition) is 3. The molecule has 1 saturated carbocycles. The van der Waals surface area contributed by atoms with E-state index in [0.29, 0.717) is 16.9 Å². The molecule has 0 aliphatic heterocycles. The highest BCUT2D eigenvalue weighted by Crippen LogP contribution is 2.21. The van der Waals surface area contributed by atoms with Crippen LogP contribution in [0.3, 0.4) is 0 Å². The summed E-state index contributed by atoms with van der Waals surface area (Å²) in [5.41, 5.74) is 2.89. The van der Waals surface area contributed by atoms with Gasteiger partial charge in [-0.1, -0.05) is 29.8 Å². The van der Waals surface area contributed by atoms with E-state index < -0.39 is 0 Å². The number of amides is 3. The molecule has 0 unspecified atom stereocenters. The van der Waals surface area contributed by atoms with Gasteiger partial charge in [0, 0.05) is 24.5 Å². The van der Waals surface area contributed by atoms with Gasteiger partial charge in [-0.3, -0.25) is 14.4 Å². The molecule has 1 fully saturated rings. The van der Waals surface area contributed by atoms with Crippen LogP contribution in [0.1, 0.15) is 28.8 Å². The smallest absolute Gasteiger partial charge is 0.253 e. The lowest BCUT2D eigenvalue weighted by molar-refractivity contribution is -0.131. The lowest BCUT2D eigenvalue weighted by atomic mass is 10.1. The fourth-order valence-corrected chi connectivity index (χ4v) is 2.77. The lowest BCUT2D eigenvalue weighted by Crippen LogP contribution is -2.38. The molecule has 7 nitrogen and oxygen atoms in total. The van der Waals surface area contributed by atoms with Crippen molar-refractivity contribution in [3.05, 3.63) is 59.7 Å². The van der Waals surface area contributed by atoms with Crippen molar-refractivity contribution in [2.45, 2.75) is 25.8 Å². The topological polar surface area (TPSA) is 90.5 Å². The highest BCUT2D eigenvalue weighted by Gasteiger charge is 2.24. The Morgan fingerprint density at radius 3 is 2.41 bits per heavy atom. The second-order valence-electron chi connectivity index (χ2n) is 7.31. The normalized spacial score (nSPS) is 12.8. The molecule has 3 amide bonds. The van der Waals surface area contributed by atoms with Crippen LogP contribution in [0.15, 0.2) is 48.5 Å². The van der Waals surface area contributed by atoms with Crippen molar-refractivity contribution in [2.75, 3.05) is 30.8 Å². The van der Waals surface area contributed by atoms with E-state index in [1.54, 1.807) is 31.3 Å². The molecule has 3 rings (SSSR count). The third-order valence-electron chi connectivity index (χ3n) is 4.66. The van der Waals surface area contributed by atoms with Gasteiger partial charge in [-0.2, -0.15) is 0 Å². The molecule has 152 valence electrons. The van der Waals surface area contributed by atoms with Gasteiger partial charge in [0.15, 0.2) is 0 Å². The zero-order valence-electron chi connectivity index (χ0n) is 16.7. The van der Waals surface area contributed by atoms with Crippen molar-refractivity contribution in [1.29, 1.82) is 0 Å². The van der Waals surface area contributed by atoms with Crippen LogP contribution >= 0.6 is 0 Å². The molecule has 0 radical (unpaired) electrons. The third-order valence-corrected chi connectivity index (χ3v) is 4.66. The Bertz CT molecular complexity index is 891. The van der Waals surface area contributed by atoms with Crippen molar-refractivity contribution in [3.63, 3.8) is 0 Å². The van der Waals surface area contributed by atoms with Crippen LogP contribution in [0.25, 0.3) is 0 Å². The number of likely N-dealkylation sites (N-methyl/N-ethyl adjacent to an activating group) is 1. The summed E-state index contributed by atoms with van der Waals surface area (Å²) in [6, 6.07) is 14.8. The first-order valence-corrected chi connectivity index (χ1v) is 9.66. The van der Waals surface area contributed by atoms with Crippen molar-refractivity contribution >= 4 is 29.1 Å². The minimum Gasteiger partial charge on any atom is -0.376 e. The maximum atomic E-state index is 12.4. The van der Waals surface area contributed by atoms with E-state index in [4.69, 9.17) is 0 Å². The summed E-state index contributed by atoms with van der Waals surface area (Å²) in [5.74, 6) is -0.663. The zero-order valence-corrected chi connectivity index (χ0v) is 16.7. The number of benzene rings is 2. The van der Waals surface area contributed by atoms with Gasteiger partial charge < -0.3 is 20.9 Å². The molecule has 0 atom stereocenters. The van der Waals surface area contributed by atoms with Gasteiger partial charge in [0.05, 0.1) is 18.7 Å². The average Bonchev–Trinajstić information content (AvgIpc) is 3.52. The Hall–Kier alpha value is -3.35. The van der Waals surface area contributed by atoms with Crippen LogP contribution in [0, 0.1) is 6.92 Å². The number of carbonyl (C=O) groups is 3. The van der Waals surface area contributed by atoms with Crippen LogP contribution in [-0.4, -0.2) is 48.8 Å². The third kappa shape index (κ3) is 6.07. The van der Waals surface area contributed by atoms with E-state index in [1.165, 1.54) is 4.90 Å². The number of aryl methyl sites for hydroxylation is 1. The molecular weight excluding hydrogens is 368 g/mol. The monoisotopic (exact) mass is 394 g/mol. The summed E-state index contributed by atoms with van der Waals surface area (Å²) in [7, 11) is 1.57. The van der Waals surface area contributed by atoms with Crippen LogP contribution in [0.4, 0.5) is 11.4 Å². The Labute approximate surface area is 170 Å². The van der Waals surface area contributed by atoms with E-state index in [0.717, 1.165) is 18.4 Å². The largest absolute Gasteiger partial charge is 0.376 e. The molecule has 2 aromatic carbocycles. The molecule has 3 N–H and O–H groups in total. The number of anilines is 2. The van der Waals surface area contributed by atoms with E-state index >= 15 is 0 Å². The predicted molar refractivity (Wildman–Crippen MR) is 113 cm³/mol. The van der Waals surface area contributed by atoms with Crippen LogP contribution in [-0.2, 0) is 9.59 Å². The second-order valence-corrected chi connectivity index (χ2v) is 7.31. The zero-order chi connectivity index (χ0) is 20.8. The maximum Gasteiger partial charge on any atom is 0.253 e. The van der Waals surface area contributed by atoms with Crippen LogP contribution < -0.4 is 16.0 Å². The molecule has 1 aliphatic carbocycles. The molecule has 0 spiro atoms. The maximum absolute atomic E-state index is 12.4. The Morgan fingerprint density at radius 1 is 1.03 bits per heavy atom. The van der Waals surface area contributed by atoms with E-state index in [-0.39, 0.29) is 36.9 Å². The molecule has 1 aliphatic rings. The number of rotatable bonds is 8. The van der Waals surface area contributed by atoms with Crippen molar-refractivity contribution < 1.29 is 14.4 Å². The molecule has 7 heteroatoms. The summed E-state index contributed by atoms with van der Waals surface area (Å²) in [4.78, 5) is 38.2. The number of hydrogen-bond acceptors (Lipinski definition) is 4. The predicted octanol–water partition coefficient (Wildman–Crippen LogP) is 2.40. The molecule has 0 aromatic heterocycles. The summed E-state index contributed by atoms with van der Waals surface area (Å²) >= 11 is 0. The van der Waals surface area contributed by atoms with Gasteiger partial charge >= 0.3 is 0 Å². The number of nitrogens with one attached hydrogen (secondary N) is 3. The van der Waals surface area contributed by atoms with Gasteiger partial charge in [-0.05, 0) is 44.0 Å². The Morgan fingerprint density at radius 2 is 1.72 bits per heavy atom. The summed E-state index contributed by atoms with van der Waals surface area (Å²) in [6.07, 6.45) is 2.02. The summed E-state index contributed by atoms with van der Waals surface area (Å²) < 4.78 is 0. The molecule has 29 heavy (non-hydrogen) atoms. The summed E-state index contributed by atoms with van der Waals surface area (Å²) in [6.45, 7) is 1.90. The van der Waals surface area contributed by atoms with E-state index in [1.807, 2.05) is 31.2 Å². The van der Waals surface area contributed by atoms with Gasteiger partial charge in [-0.15, -0.1) is 0 Å². The number of carbonyl (C=O) groups excluding carboxylic acids is 3. The minimum atomic E-state index is -0.270. The molecule has 0 heterocycles. The van der Waals surface area contributed by atoms with Gasteiger partial charge in [0.25, 0.3) is 5.91 Å². The average molecular weight is 394 g/mol. The molecule has 2 aromatic rings. The molecular formula is C22H26N4O3. The van der Waals surface area contributed by atoms with Gasteiger partial charge in [0.1, 0.15) is 0 Å². The molecule has 0 saturated heterocycles. The van der Waals surface area contributed by atoms with Crippen molar-refractivity contribution in [3.8, 4) is 0 Å². The first-order valence-electron chi connectivity index (χ1n) is 9.66. The fourth-order valence-electron chi connectivity index (χ4n) is 2.77. The summed E-state index contributed by atoms with van der Waals surface area (Å²) in [5, 5.41) is 8.73. The highest BCUT2D eigenvalue weighted by molar-refractivity contribution is 6.00. The van der Waals surface area contributed by atoms with Gasteiger partial charge in [-0.25, -0.2) is 0 Å². The van der Waals surface area contributed by atoms with Crippen molar-refractivity contribution in [1.82, 2.24) is 10.2 Å². The Balaban J connectivity index is 1.50. The Kier molecular flexibility index (Phi) is 6.49. The quantitative estimate of drug-likeness (QED) is 0.641. The number of nitrogens with zero attached hydrogens (tertiary/aromatic N) is 1. The minimum absolute atomic E-state index is 0.0119. The number of para-hydroxylation sites is 1. The highest BCUT2D eigenvalue weighted by atomic mass is 16.2. The van der Waals surface area contributed by atoms with Crippen LogP contribution in [0.5, 0.6) is 0 Å². The standard InChI is InChI=1S/C22H26N4O3/c1-15-7-9-16(10-8-15)24-20(27)14-26(2)21(28)13-23-19-6-4-3-5-18(19)22(29)25-17-11-12-17/h3-10,17,23H,11-14H2,1-2H3,(H,24,27)(H,25,29). The second kappa shape index (κ2) is 9.23. The molecule has 0 bridgehead atoms. The van der Waals surface area contributed by atoms with Crippen molar-refractivity contribution in [2.24, 2.45) is 0 Å². The first-order chi connectivity index (χ1) is 13.9. The fraction of sp³-hybridized carbons (Fsp3) is 0.318. The lowest BCUT2D eigenvalue weighted by Gasteiger charge is -2.18. The first kappa shape index (κ1) is 20.4. The SMILES string of the molecule is Cc1ccc(NC(=O)CN(C)C(=O)CNc2ccccc2C(=O)NC2CC2)cc1. The van der Waals surface area contributed by atoms with Gasteiger partial charge in [0.2, 0.25) is 11.8 Å².